The van der Waals surface area contributed by atoms with Gasteiger partial charge in [0.1, 0.15) is 0 Å². The van der Waals surface area contributed by atoms with Gasteiger partial charge in [0, 0.05) is 40.8 Å². The minimum Gasteiger partial charge on any atom is -0.759 e. The number of rotatable bonds is 6. The van der Waals surface area contributed by atoms with E-state index >= 15 is 0 Å². The summed E-state index contributed by atoms with van der Waals surface area (Å²) >= 11 is 0. The van der Waals surface area contributed by atoms with E-state index in [-0.39, 0.29) is 17.1 Å². The van der Waals surface area contributed by atoms with Crippen LogP contribution in [0, 0.1) is 0 Å². The first-order valence-electron chi connectivity index (χ1n) is 11.0. The molecule has 2 aromatic heterocycles. The third kappa shape index (κ3) is 8.49. The predicted molar refractivity (Wildman–Crippen MR) is 133 cm³/mol. The quantitative estimate of drug-likeness (QED) is 0.173. The zero-order valence-corrected chi connectivity index (χ0v) is 20.9. The van der Waals surface area contributed by atoms with E-state index in [4.69, 9.17) is 27.5 Å². The number of pyridine rings is 2. The van der Waals surface area contributed by atoms with Crippen LogP contribution in [0.2, 0.25) is 0 Å². The Balaban J connectivity index is 0.000000551. The Morgan fingerprint density at radius 3 is 1.47 bits per heavy atom. The van der Waals surface area contributed by atoms with E-state index in [1.807, 2.05) is 12.1 Å². The van der Waals surface area contributed by atoms with Gasteiger partial charge in [-0.15, -0.1) is 0 Å². The molecule has 0 fully saturated rings. The molecule has 0 saturated heterocycles. The van der Waals surface area contributed by atoms with Gasteiger partial charge in [0.25, 0.3) is 0 Å². The number of fused-ring (bicyclic) bond motifs is 2. The molecule has 0 aliphatic carbocycles. The fourth-order valence-corrected chi connectivity index (χ4v) is 3.86. The molecule has 187 valence electrons. The van der Waals surface area contributed by atoms with Crippen molar-refractivity contribution >= 4 is 32.2 Å². The minimum absolute atomic E-state index is 0. The first-order valence-corrected chi connectivity index (χ1v) is 12.3. The van der Waals surface area contributed by atoms with Gasteiger partial charge in [0.2, 0.25) is 0 Å². The number of benzene rings is 3. The molecule has 0 saturated carbocycles. The zero-order valence-electron chi connectivity index (χ0n) is 19.1. The second-order valence-corrected chi connectivity index (χ2v) is 8.85. The first-order chi connectivity index (χ1) is 16.8. The maximum absolute atomic E-state index is 8.52. The molecule has 7 nitrogen and oxygen atoms in total. The second kappa shape index (κ2) is 12.7. The Morgan fingerprint density at radius 2 is 1.00 bits per heavy atom. The van der Waals surface area contributed by atoms with Crippen LogP contribution >= 0.6 is 0 Å². The van der Waals surface area contributed by atoms with Crippen LogP contribution in [0.25, 0.3) is 21.8 Å². The largest absolute Gasteiger partial charge is 2.00 e. The maximum atomic E-state index is 8.52. The fourth-order valence-electron chi connectivity index (χ4n) is 3.86. The number of para-hydroxylation sites is 2. The van der Waals surface area contributed by atoms with Crippen LogP contribution in [-0.2, 0) is 47.1 Å². The maximum Gasteiger partial charge on any atom is 2.00 e. The molecule has 36 heavy (non-hydrogen) atoms. The van der Waals surface area contributed by atoms with Crippen molar-refractivity contribution in [2.24, 2.45) is 0 Å². The third-order valence-electron chi connectivity index (χ3n) is 5.33. The Bertz CT molecular complexity index is 1440. The van der Waals surface area contributed by atoms with Crippen LogP contribution in [-0.4, -0.2) is 32.4 Å². The Morgan fingerprint density at radius 1 is 0.583 bits per heavy atom. The fraction of sp³-hybridized carbons (Fsp3) is 0.111. The zero-order chi connectivity index (χ0) is 24.7. The van der Waals surface area contributed by atoms with Gasteiger partial charge in [-0.1, -0.05) is 78.9 Å². The number of aromatic nitrogens is 2. The Labute approximate surface area is 220 Å². The van der Waals surface area contributed by atoms with E-state index in [0.717, 1.165) is 42.1 Å². The summed E-state index contributed by atoms with van der Waals surface area (Å²) in [5, 5.41) is 2.35. The van der Waals surface area contributed by atoms with Crippen LogP contribution in [0.1, 0.15) is 17.0 Å². The van der Waals surface area contributed by atoms with Crippen molar-refractivity contribution in [1.29, 1.82) is 0 Å². The van der Waals surface area contributed by atoms with Crippen LogP contribution in [0.15, 0.2) is 103 Å². The molecule has 5 aromatic rings. The summed E-state index contributed by atoms with van der Waals surface area (Å²) in [5.74, 6) is 0. The number of hydrogen-bond donors (Lipinski definition) is 0. The van der Waals surface area contributed by atoms with Gasteiger partial charge in [-0.05, 0) is 29.8 Å². The van der Waals surface area contributed by atoms with Crippen molar-refractivity contribution in [3.8, 4) is 0 Å². The molecule has 5 rings (SSSR count). The summed E-state index contributed by atoms with van der Waals surface area (Å²) in [6, 6.07) is 35.7. The van der Waals surface area contributed by atoms with E-state index in [1.165, 1.54) is 16.3 Å². The molecule has 0 unspecified atom stereocenters. The van der Waals surface area contributed by atoms with Gasteiger partial charge in [0.05, 0.1) is 22.4 Å². The molecule has 0 bridgehead atoms. The summed E-state index contributed by atoms with van der Waals surface area (Å²) in [4.78, 5) is 12.2. The minimum atomic E-state index is -5.17. The SMILES string of the molecule is O=S(=O)([O-])[O-].[Cu+2].c1ccc(CN(Cc2ccc3ccccc3n2)Cc2ccc3ccccc3n2)cc1. The van der Waals surface area contributed by atoms with Crippen LogP contribution in [0.3, 0.4) is 0 Å². The molecule has 0 spiro atoms. The summed E-state index contributed by atoms with van der Waals surface area (Å²) in [7, 11) is -5.17. The molecule has 2 heterocycles. The Hall–Kier alpha value is -3.17. The molecule has 3 aromatic carbocycles. The summed E-state index contributed by atoms with van der Waals surface area (Å²) < 4.78 is 34.1. The van der Waals surface area contributed by atoms with Crippen molar-refractivity contribution in [2.75, 3.05) is 0 Å². The first kappa shape index (κ1) is 27.4. The monoisotopic (exact) mass is 548 g/mol. The standard InChI is InChI=1S/C27H23N3.Cu.H2O4S/c1-2-8-21(9-3-1)18-30(19-24-16-14-22-10-4-6-12-26(22)28-24)20-25-17-15-23-11-5-7-13-27(23)29-25;;1-5(2,3)4/h1-17H,18-20H2;;(H2,1,2,3,4)/q;+2;/p-2. The van der Waals surface area contributed by atoms with Gasteiger partial charge in [-0.2, -0.15) is 0 Å². The second-order valence-electron chi connectivity index (χ2n) is 8.03. The van der Waals surface area contributed by atoms with Gasteiger partial charge in [-0.3, -0.25) is 23.3 Å². The van der Waals surface area contributed by atoms with E-state index in [9.17, 15) is 0 Å². The molecular formula is C27H23CuN3O4S. The average Bonchev–Trinajstić information content (AvgIpc) is 2.83. The van der Waals surface area contributed by atoms with Gasteiger partial charge in [-0.25, -0.2) is 0 Å². The summed E-state index contributed by atoms with van der Waals surface area (Å²) in [6.45, 7) is 2.40. The molecule has 0 amide bonds. The normalized spacial score (nSPS) is 11.1. The molecule has 0 atom stereocenters. The molecule has 0 aliphatic rings. The molecule has 0 aliphatic heterocycles. The molecule has 9 heteroatoms. The van der Waals surface area contributed by atoms with Crippen molar-refractivity contribution in [3.05, 3.63) is 120 Å². The van der Waals surface area contributed by atoms with E-state index in [0.29, 0.717) is 0 Å². The number of hydrogen-bond acceptors (Lipinski definition) is 7. The van der Waals surface area contributed by atoms with Crippen molar-refractivity contribution in [2.45, 2.75) is 19.6 Å². The van der Waals surface area contributed by atoms with E-state index < -0.39 is 10.4 Å². The Kier molecular flexibility index (Phi) is 9.66. The molecule has 1 radical (unpaired) electrons. The van der Waals surface area contributed by atoms with Crippen LogP contribution < -0.4 is 0 Å². The smallest absolute Gasteiger partial charge is 0.759 e. The van der Waals surface area contributed by atoms with Gasteiger partial charge >= 0.3 is 17.1 Å². The average molecular weight is 549 g/mol. The van der Waals surface area contributed by atoms with Crippen LogP contribution in [0.5, 0.6) is 0 Å². The van der Waals surface area contributed by atoms with Crippen molar-refractivity contribution in [3.63, 3.8) is 0 Å². The van der Waals surface area contributed by atoms with Crippen LogP contribution in [0.4, 0.5) is 0 Å². The third-order valence-corrected chi connectivity index (χ3v) is 5.33. The predicted octanol–water partition coefficient (Wildman–Crippen LogP) is 4.64. The topological polar surface area (TPSA) is 109 Å². The summed E-state index contributed by atoms with van der Waals surface area (Å²) in [6.07, 6.45) is 0. The van der Waals surface area contributed by atoms with Gasteiger partial charge < -0.3 is 9.11 Å². The van der Waals surface area contributed by atoms with E-state index in [2.05, 4.69) is 95.9 Å². The van der Waals surface area contributed by atoms with Crippen molar-refractivity contribution < 1.29 is 34.6 Å². The van der Waals surface area contributed by atoms with Crippen molar-refractivity contribution in [1.82, 2.24) is 14.9 Å². The number of nitrogens with zero attached hydrogens (tertiary/aromatic N) is 3. The summed E-state index contributed by atoms with van der Waals surface area (Å²) in [5.41, 5.74) is 5.52. The molecular weight excluding hydrogens is 526 g/mol. The van der Waals surface area contributed by atoms with Gasteiger partial charge in [0.15, 0.2) is 0 Å². The molecule has 0 N–H and O–H groups in total. The van der Waals surface area contributed by atoms with E-state index in [1.54, 1.807) is 0 Å².